The Hall–Kier alpha value is -1.11. The fourth-order valence-electron chi connectivity index (χ4n) is 2.17. The SMILES string of the molecule is CN(CCCCCN)c1ccc(S(=O)(=O)NC2CC2)cc1. The summed E-state index contributed by atoms with van der Waals surface area (Å²) < 4.78 is 26.8. The molecule has 0 atom stereocenters. The van der Waals surface area contributed by atoms with Gasteiger partial charge in [-0.05, 0) is 56.5 Å². The molecule has 0 heterocycles. The lowest BCUT2D eigenvalue weighted by molar-refractivity contribution is 0.581. The first-order valence-corrected chi connectivity index (χ1v) is 9.05. The molecule has 1 fully saturated rings. The van der Waals surface area contributed by atoms with Crippen LogP contribution in [0.3, 0.4) is 0 Å². The average Bonchev–Trinajstić information content (AvgIpc) is 3.27. The number of nitrogens with two attached hydrogens (primary N) is 1. The molecule has 2 rings (SSSR count). The van der Waals surface area contributed by atoms with Crippen molar-refractivity contribution in [1.29, 1.82) is 0 Å². The van der Waals surface area contributed by atoms with Crippen LogP contribution in [0.25, 0.3) is 0 Å². The van der Waals surface area contributed by atoms with E-state index in [-0.39, 0.29) is 6.04 Å². The third-order valence-electron chi connectivity index (χ3n) is 3.68. The van der Waals surface area contributed by atoms with Gasteiger partial charge in [0.25, 0.3) is 0 Å². The second-order valence-electron chi connectivity index (χ2n) is 5.66. The molecule has 21 heavy (non-hydrogen) atoms. The molecule has 0 bridgehead atoms. The molecule has 5 nitrogen and oxygen atoms in total. The van der Waals surface area contributed by atoms with Crippen molar-refractivity contribution in [3.63, 3.8) is 0 Å². The van der Waals surface area contributed by atoms with Gasteiger partial charge in [0.1, 0.15) is 0 Å². The number of unbranched alkanes of at least 4 members (excludes halogenated alkanes) is 2. The van der Waals surface area contributed by atoms with Gasteiger partial charge in [-0.1, -0.05) is 6.42 Å². The molecule has 118 valence electrons. The molecular formula is C15H25N3O2S. The van der Waals surface area contributed by atoms with Gasteiger partial charge < -0.3 is 10.6 Å². The van der Waals surface area contributed by atoms with Gasteiger partial charge in [0.2, 0.25) is 10.0 Å². The highest BCUT2D eigenvalue weighted by molar-refractivity contribution is 7.89. The van der Waals surface area contributed by atoms with Crippen LogP contribution >= 0.6 is 0 Å². The summed E-state index contributed by atoms with van der Waals surface area (Å²) in [6, 6.07) is 7.22. The predicted octanol–water partition coefficient (Wildman–Crippen LogP) is 1.69. The van der Waals surface area contributed by atoms with Gasteiger partial charge in [-0.2, -0.15) is 0 Å². The van der Waals surface area contributed by atoms with Crippen molar-refractivity contribution in [2.45, 2.75) is 43.0 Å². The average molecular weight is 311 g/mol. The van der Waals surface area contributed by atoms with Crippen LogP contribution in [0.15, 0.2) is 29.2 Å². The molecule has 0 saturated heterocycles. The zero-order valence-corrected chi connectivity index (χ0v) is 13.4. The Morgan fingerprint density at radius 1 is 1.19 bits per heavy atom. The molecule has 6 heteroatoms. The maximum atomic E-state index is 12.1. The van der Waals surface area contributed by atoms with E-state index in [9.17, 15) is 8.42 Å². The van der Waals surface area contributed by atoms with E-state index < -0.39 is 10.0 Å². The topological polar surface area (TPSA) is 75.4 Å². The van der Waals surface area contributed by atoms with Gasteiger partial charge in [-0.3, -0.25) is 0 Å². The quantitative estimate of drug-likeness (QED) is 0.681. The van der Waals surface area contributed by atoms with Gasteiger partial charge >= 0.3 is 0 Å². The third kappa shape index (κ3) is 4.98. The van der Waals surface area contributed by atoms with Crippen molar-refractivity contribution in [2.24, 2.45) is 5.73 Å². The smallest absolute Gasteiger partial charge is 0.240 e. The summed E-state index contributed by atoms with van der Waals surface area (Å²) in [5.41, 5.74) is 6.51. The molecular weight excluding hydrogens is 286 g/mol. The van der Waals surface area contributed by atoms with Crippen molar-refractivity contribution in [3.05, 3.63) is 24.3 Å². The lowest BCUT2D eigenvalue weighted by atomic mass is 10.2. The normalized spacial score (nSPS) is 15.1. The second-order valence-corrected chi connectivity index (χ2v) is 7.37. The molecule has 1 aliphatic rings. The van der Waals surface area contributed by atoms with Crippen molar-refractivity contribution in [2.75, 3.05) is 25.0 Å². The van der Waals surface area contributed by atoms with Crippen LogP contribution in [0.5, 0.6) is 0 Å². The minimum Gasteiger partial charge on any atom is -0.375 e. The Labute approximate surface area is 127 Å². The number of sulfonamides is 1. The first-order valence-electron chi connectivity index (χ1n) is 7.56. The predicted molar refractivity (Wildman–Crippen MR) is 86.0 cm³/mol. The fourth-order valence-corrected chi connectivity index (χ4v) is 3.47. The first-order chi connectivity index (χ1) is 10.0. The Kier molecular flexibility index (Phi) is 5.61. The van der Waals surface area contributed by atoms with E-state index in [0.717, 1.165) is 50.9 Å². The Bertz CT molecular complexity index is 539. The number of rotatable bonds is 9. The Morgan fingerprint density at radius 2 is 1.86 bits per heavy atom. The molecule has 0 radical (unpaired) electrons. The van der Waals surface area contributed by atoms with E-state index in [1.807, 2.05) is 19.2 Å². The van der Waals surface area contributed by atoms with Crippen molar-refractivity contribution >= 4 is 15.7 Å². The molecule has 3 N–H and O–H groups in total. The largest absolute Gasteiger partial charge is 0.375 e. The highest BCUT2D eigenvalue weighted by atomic mass is 32.2. The molecule has 0 aliphatic heterocycles. The summed E-state index contributed by atoms with van der Waals surface area (Å²) >= 11 is 0. The van der Waals surface area contributed by atoms with Crippen molar-refractivity contribution in [1.82, 2.24) is 4.72 Å². The van der Waals surface area contributed by atoms with Crippen molar-refractivity contribution in [3.8, 4) is 0 Å². The summed E-state index contributed by atoms with van der Waals surface area (Å²) in [5.74, 6) is 0. The zero-order chi connectivity index (χ0) is 15.3. The lowest BCUT2D eigenvalue weighted by Gasteiger charge is -2.19. The minimum absolute atomic E-state index is 0.139. The highest BCUT2D eigenvalue weighted by Crippen LogP contribution is 2.23. The van der Waals surface area contributed by atoms with Crippen LogP contribution in [-0.4, -0.2) is 34.6 Å². The lowest BCUT2D eigenvalue weighted by Crippen LogP contribution is -2.25. The maximum Gasteiger partial charge on any atom is 0.240 e. The summed E-state index contributed by atoms with van der Waals surface area (Å²) in [6.45, 7) is 1.69. The molecule has 1 saturated carbocycles. The molecule has 0 spiro atoms. The van der Waals surface area contributed by atoms with E-state index in [1.54, 1.807) is 12.1 Å². The first kappa shape index (κ1) is 16.3. The van der Waals surface area contributed by atoms with Crippen LogP contribution in [0.4, 0.5) is 5.69 Å². The van der Waals surface area contributed by atoms with Crippen molar-refractivity contribution < 1.29 is 8.42 Å². The zero-order valence-electron chi connectivity index (χ0n) is 12.6. The van der Waals surface area contributed by atoms with E-state index in [1.165, 1.54) is 0 Å². The highest BCUT2D eigenvalue weighted by Gasteiger charge is 2.27. The summed E-state index contributed by atoms with van der Waals surface area (Å²) in [7, 11) is -1.32. The molecule has 1 aromatic carbocycles. The van der Waals surface area contributed by atoms with Crippen LogP contribution in [0, 0.1) is 0 Å². The third-order valence-corrected chi connectivity index (χ3v) is 5.22. The van der Waals surface area contributed by atoms with Gasteiger partial charge in [0, 0.05) is 25.3 Å². The van der Waals surface area contributed by atoms with Crippen LogP contribution < -0.4 is 15.4 Å². The number of nitrogens with one attached hydrogen (secondary N) is 1. The van der Waals surface area contributed by atoms with E-state index in [0.29, 0.717) is 4.90 Å². The second kappa shape index (κ2) is 7.24. The Balaban J connectivity index is 1.91. The maximum absolute atomic E-state index is 12.1. The molecule has 0 amide bonds. The van der Waals surface area contributed by atoms with Crippen LogP contribution in [-0.2, 0) is 10.0 Å². The van der Waals surface area contributed by atoms with E-state index in [2.05, 4.69) is 9.62 Å². The van der Waals surface area contributed by atoms with Gasteiger partial charge in [0.05, 0.1) is 4.90 Å². The number of anilines is 1. The van der Waals surface area contributed by atoms with Crippen LogP contribution in [0.1, 0.15) is 32.1 Å². The number of hydrogen-bond acceptors (Lipinski definition) is 4. The standard InChI is InChI=1S/C15H25N3O2S/c1-18(12-4-2-3-11-16)14-7-9-15(10-8-14)21(19,20)17-13-5-6-13/h7-10,13,17H,2-6,11-12,16H2,1H3. The number of hydrogen-bond donors (Lipinski definition) is 2. The minimum atomic E-state index is -3.35. The molecule has 0 unspecified atom stereocenters. The molecule has 1 aliphatic carbocycles. The summed E-state index contributed by atoms with van der Waals surface area (Å²) in [4.78, 5) is 2.48. The molecule has 0 aromatic heterocycles. The van der Waals surface area contributed by atoms with E-state index in [4.69, 9.17) is 5.73 Å². The molecule has 1 aromatic rings. The summed E-state index contributed by atoms with van der Waals surface area (Å²) in [5, 5.41) is 0. The van der Waals surface area contributed by atoms with Gasteiger partial charge in [0.15, 0.2) is 0 Å². The summed E-state index contributed by atoms with van der Waals surface area (Å²) in [6.07, 6.45) is 5.17. The van der Waals surface area contributed by atoms with Crippen LogP contribution in [0.2, 0.25) is 0 Å². The van der Waals surface area contributed by atoms with Gasteiger partial charge in [-0.15, -0.1) is 0 Å². The number of nitrogens with zero attached hydrogens (tertiary/aromatic N) is 1. The van der Waals surface area contributed by atoms with Gasteiger partial charge in [-0.25, -0.2) is 13.1 Å². The monoisotopic (exact) mass is 311 g/mol. The van der Waals surface area contributed by atoms with E-state index >= 15 is 0 Å². The Morgan fingerprint density at radius 3 is 2.43 bits per heavy atom. The number of benzene rings is 1. The fraction of sp³-hybridized carbons (Fsp3) is 0.600.